The first-order valence-corrected chi connectivity index (χ1v) is 12.9. The first kappa shape index (κ1) is 24.9. The van der Waals surface area contributed by atoms with Crippen LogP contribution in [0, 0.1) is 11.8 Å². The second kappa shape index (κ2) is 9.65. The molecule has 7 N–H and O–H groups in total. The topological polar surface area (TPSA) is 183 Å². The highest BCUT2D eigenvalue weighted by Gasteiger charge is 2.60. The third kappa shape index (κ3) is 5.10. The van der Waals surface area contributed by atoms with E-state index in [1.165, 1.54) is 16.7 Å². The molecule has 0 spiro atoms. The van der Waals surface area contributed by atoms with Gasteiger partial charge in [-0.05, 0) is 20.4 Å². The number of carbonyl (C=O) groups excluding carboxylic acids is 2. The maximum atomic E-state index is 12.8. The molecule has 0 bridgehead atoms. The van der Waals surface area contributed by atoms with Gasteiger partial charge in [-0.2, -0.15) is 13.1 Å². The van der Waals surface area contributed by atoms with E-state index in [4.69, 9.17) is 5.14 Å². The van der Waals surface area contributed by atoms with Gasteiger partial charge in [0, 0.05) is 41.2 Å². The Bertz CT molecular complexity index is 925. The Hall–Kier alpha value is -1.71. The molecular formula is C18H30N6O6S2. The van der Waals surface area contributed by atoms with Crippen LogP contribution in [0.1, 0.15) is 20.3 Å². The van der Waals surface area contributed by atoms with Gasteiger partial charge in [0.1, 0.15) is 5.70 Å². The van der Waals surface area contributed by atoms with Gasteiger partial charge in [0.2, 0.25) is 11.8 Å². The van der Waals surface area contributed by atoms with E-state index >= 15 is 0 Å². The van der Waals surface area contributed by atoms with E-state index in [0.29, 0.717) is 23.6 Å². The number of aliphatic carboxylic acids is 1. The minimum atomic E-state index is -3.79. The zero-order chi connectivity index (χ0) is 23.8. The molecule has 0 radical (unpaired) electrons. The molecule has 0 aromatic carbocycles. The molecule has 0 aromatic heterocycles. The van der Waals surface area contributed by atoms with Crippen molar-refractivity contribution in [2.45, 2.75) is 44.4 Å². The Morgan fingerprint density at radius 1 is 1.41 bits per heavy atom. The summed E-state index contributed by atoms with van der Waals surface area (Å²) in [5, 5.41) is 23.6. The Morgan fingerprint density at radius 2 is 2.09 bits per heavy atom. The number of hydrogen-bond acceptors (Lipinski definition) is 8. The molecule has 3 aliphatic rings. The highest BCUT2D eigenvalue weighted by Crippen LogP contribution is 2.50. The number of nitrogens with one attached hydrogen (secondary N) is 4. The molecule has 12 nitrogen and oxygen atoms in total. The zero-order valence-electron chi connectivity index (χ0n) is 18.1. The molecule has 3 aliphatic heterocycles. The first-order chi connectivity index (χ1) is 14.9. The van der Waals surface area contributed by atoms with Gasteiger partial charge >= 0.3 is 5.97 Å². The van der Waals surface area contributed by atoms with Crippen molar-refractivity contribution >= 4 is 39.8 Å². The van der Waals surface area contributed by atoms with Crippen molar-refractivity contribution in [3.63, 3.8) is 0 Å². The minimum absolute atomic E-state index is 0.000269. The van der Waals surface area contributed by atoms with E-state index in [-0.39, 0.29) is 48.1 Å². The van der Waals surface area contributed by atoms with Crippen LogP contribution >= 0.6 is 11.8 Å². The van der Waals surface area contributed by atoms with Crippen LogP contribution in [-0.4, -0.2) is 86.3 Å². The van der Waals surface area contributed by atoms with Gasteiger partial charge in [-0.1, -0.05) is 6.92 Å². The molecular weight excluding hydrogens is 460 g/mol. The number of nitrogens with zero attached hydrogens (tertiary/aromatic N) is 1. The molecule has 3 heterocycles. The smallest absolute Gasteiger partial charge is 0.353 e. The van der Waals surface area contributed by atoms with Gasteiger partial charge in [0.05, 0.1) is 18.5 Å². The summed E-state index contributed by atoms with van der Waals surface area (Å²) in [6.45, 7) is 4.21. The average molecular weight is 491 g/mol. The van der Waals surface area contributed by atoms with Crippen molar-refractivity contribution in [3.05, 3.63) is 10.6 Å². The van der Waals surface area contributed by atoms with Crippen molar-refractivity contribution in [1.29, 1.82) is 0 Å². The number of carbonyl (C=O) groups is 3. The molecule has 3 rings (SSSR count). The predicted octanol–water partition coefficient (Wildman–Crippen LogP) is -2.26. The second-order valence-corrected chi connectivity index (χ2v) is 10.8. The van der Waals surface area contributed by atoms with E-state index in [1.807, 2.05) is 6.92 Å². The quantitative estimate of drug-likeness (QED) is 0.184. The van der Waals surface area contributed by atoms with E-state index in [0.717, 1.165) is 0 Å². The number of hydrogen-bond donors (Lipinski definition) is 6. The zero-order valence-corrected chi connectivity index (χ0v) is 19.8. The lowest BCUT2D eigenvalue weighted by molar-refractivity contribution is -0.158. The highest BCUT2D eigenvalue weighted by molar-refractivity contribution is 8.03. The summed E-state index contributed by atoms with van der Waals surface area (Å²) in [5.41, 5.74) is -0.000269. The van der Waals surface area contributed by atoms with Gasteiger partial charge in [-0.3, -0.25) is 9.59 Å². The van der Waals surface area contributed by atoms with Crippen LogP contribution in [0.15, 0.2) is 10.6 Å². The van der Waals surface area contributed by atoms with Gasteiger partial charge in [0.15, 0.2) is 0 Å². The highest BCUT2D eigenvalue weighted by atomic mass is 32.2. The first-order valence-electron chi connectivity index (χ1n) is 10.3. The van der Waals surface area contributed by atoms with Crippen LogP contribution in [0.4, 0.5) is 0 Å². The van der Waals surface area contributed by atoms with Crippen LogP contribution in [-0.2, 0) is 24.6 Å². The number of β-lactam (4-membered cyclic amide) rings is 1. The largest absolute Gasteiger partial charge is 0.477 e. The number of carboxylic acids is 1. The number of rotatable bonds is 10. The number of thioether (sulfide) groups is 1. The summed E-state index contributed by atoms with van der Waals surface area (Å²) in [7, 11) is -2.14. The lowest BCUT2D eigenvalue weighted by Crippen LogP contribution is -2.66. The molecule has 14 heteroatoms. The summed E-state index contributed by atoms with van der Waals surface area (Å²) in [6, 6.07) is -1.10. The third-order valence-corrected chi connectivity index (χ3v) is 8.16. The van der Waals surface area contributed by atoms with Gasteiger partial charge in [-0.15, -0.1) is 11.8 Å². The Labute approximate surface area is 191 Å². The van der Waals surface area contributed by atoms with E-state index < -0.39 is 28.1 Å². The van der Waals surface area contributed by atoms with Crippen LogP contribution in [0.3, 0.4) is 0 Å². The summed E-state index contributed by atoms with van der Waals surface area (Å²) in [6.07, 6.45) is 0.525. The lowest BCUT2D eigenvalue weighted by Gasteiger charge is -2.47. The fraction of sp³-hybridized carbons (Fsp3) is 0.722. The molecule has 32 heavy (non-hydrogen) atoms. The second-order valence-electron chi connectivity index (χ2n) is 8.43. The normalized spacial score (nSPS) is 30.8. The Balaban J connectivity index is 1.66. The van der Waals surface area contributed by atoms with Crippen molar-refractivity contribution in [1.82, 2.24) is 25.6 Å². The maximum Gasteiger partial charge on any atom is 0.353 e. The van der Waals surface area contributed by atoms with Crippen LogP contribution in [0.25, 0.3) is 0 Å². The van der Waals surface area contributed by atoms with E-state index in [1.54, 1.807) is 14.0 Å². The monoisotopic (exact) mass is 490 g/mol. The fourth-order valence-electron chi connectivity index (χ4n) is 4.75. The number of carboxylic acid groups (broad SMARTS) is 1. The summed E-state index contributed by atoms with van der Waals surface area (Å²) in [4.78, 5) is 38.7. The number of nitrogens with two attached hydrogens (primary N) is 1. The van der Waals surface area contributed by atoms with Crippen molar-refractivity contribution < 1.29 is 27.9 Å². The van der Waals surface area contributed by atoms with Gasteiger partial charge < -0.3 is 26.0 Å². The van der Waals surface area contributed by atoms with Crippen LogP contribution in [0.2, 0.25) is 0 Å². The van der Waals surface area contributed by atoms with Crippen molar-refractivity contribution in [2.75, 3.05) is 25.9 Å². The minimum Gasteiger partial charge on any atom is -0.477 e. The molecule has 0 aromatic rings. The maximum absolute atomic E-state index is 12.8. The molecule has 1 unspecified atom stereocenters. The predicted molar refractivity (Wildman–Crippen MR) is 118 cm³/mol. The summed E-state index contributed by atoms with van der Waals surface area (Å²) < 4.78 is 24.8. The molecule has 2 fully saturated rings. The van der Waals surface area contributed by atoms with E-state index in [9.17, 15) is 27.9 Å². The standard InChI is InChI=1S/C18H30N6O6S2/c1-8-14-13(9(2)22-12(25)6-20-3)17(26)24(14)15(18(27)28)16(8)31-7-11-4-10(5-21-11)23-32(19,29)30/h8-11,13-14,20-21,23H,4-7H2,1-3H3,(H,22,25)(H,27,28)(H2,19,29,30)/t8-,9?,10+,11+,13-,14-/m1/s1. The Morgan fingerprint density at radius 3 is 2.69 bits per heavy atom. The molecule has 180 valence electrons. The van der Waals surface area contributed by atoms with Gasteiger partial charge in [0.25, 0.3) is 10.2 Å². The van der Waals surface area contributed by atoms with E-state index in [2.05, 4.69) is 20.7 Å². The number of amides is 2. The molecule has 2 amide bonds. The lowest BCUT2D eigenvalue weighted by atomic mass is 9.78. The SMILES string of the molecule is CNCC(=O)NC(C)[C@H]1C(=O)N2C(C(=O)O)=C(SC[C@@H]3C[C@H](NS(N)(=O)=O)CN3)[C@H](C)[C@H]12. The molecule has 6 atom stereocenters. The Kier molecular flexibility index (Phi) is 7.51. The van der Waals surface area contributed by atoms with Crippen LogP contribution < -0.4 is 25.8 Å². The van der Waals surface area contributed by atoms with Crippen LogP contribution in [0.5, 0.6) is 0 Å². The third-order valence-electron chi connectivity index (χ3n) is 6.05. The average Bonchev–Trinajstić information content (AvgIpc) is 3.19. The van der Waals surface area contributed by atoms with Crippen molar-refractivity contribution in [3.8, 4) is 0 Å². The van der Waals surface area contributed by atoms with Gasteiger partial charge in [-0.25, -0.2) is 9.93 Å². The number of fused-ring (bicyclic) bond motifs is 1. The molecule has 2 saturated heterocycles. The summed E-state index contributed by atoms with van der Waals surface area (Å²) in [5.74, 6) is -1.86. The summed E-state index contributed by atoms with van der Waals surface area (Å²) >= 11 is 1.37. The van der Waals surface area contributed by atoms with Crippen molar-refractivity contribution in [2.24, 2.45) is 17.0 Å². The fourth-order valence-corrected chi connectivity index (χ4v) is 6.75. The molecule has 0 aliphatic carbocycles. The molecule has 0 saturated carbocycles. The number of likely N-dealkylation sites (N-methyl/N-ethyl adjacent to an activating group) is 1.